The van der Waals surface area contributed by atoms with Crippen molar-refractivity contribution in [3.8, 4) is 11.3 Å². The van der Waals surface area contributed by atoms with Crippen LogP contribution in [0, 0.1) is 0 Å². The van der Waals surface area contributed by atoms with Crippen LogP contribution in [0.4, 0.5) is 0 Å². The number of hydrogen-bond donors (Lipinski definition) is 0. The Bertz CT molecular complexity index is 1070. The number of nitrogens with zero attached hydrogens (tertiary/aromatic N) is 3. The second-order valence-corrected chi connectivity index (χ2v) is 8.02. The van der Waals surface area contributed by atoms with Crippen LogP contribution in [-0.4, -0.2) is 46.3 Å². The molecule has 6 heteroatoms. The van der Waals surface area contributed by atoms with Crippen LogP contribution < -0.4 is 0 Å². The fourth-order valence-electron chi connectivity index (χ4n) is 4.18. The highest BCUT2D eigenvalue weighted by Crippen LogP contribution is 2.30. The van der Waals surface area contributed by atoms with E-state index in [1.165, 1.54) is 5.56 Å². The van der Waals surface area contributed by atoms with E-state index in [4.69, 9.17) is 4.74 Å². The van der Waals surface area contributed by atoms with E-state index in [-0.39, 0.29) is 11.9 Å². The average Bonchev–Trinajstić information content (AvgIpc) is 3.30. The van der Waals surface area contributed by atoms with Crippen LogP contribution >= 0.6 is 0 Å². The fraction of sp³-hybridized carbons (Fsp3) is 0.346. The van der Waals surface area contributed by atoms with E-state index in [2.05, 4.69) is 36.3 Å². The van der Waals surface area contributed by atoms with Crippen LogP contribution in [0.15, 0.2) is 60.7 Å². The van der Waals surface area contributed by atoms with E-state index >= 15 is 0 Å². The maximum atomic E-state index is 12.8. The average molecular weight is 432 g/mol. The summed E-state index contributed by atoms with van der Waals surface area (Å²) in [4.78, 5) is 27.1. The third-order valence-corrected chi connectivity index (χ3v) is 6.00. The monoisotopic (exact) mass is 431 g/mol. The summed E-state index contributed by atoms with van der Waals surface area (Å²) < 4.78 is 7.14. The molecular weight excluding hydrogens is 402 g/mol. The van der Waals surface area contributed by atoms with Crippen molar-refractivity contribution in [3.63, 3.8) is 0 Å². The molecule has 2 aromatic carbocycles. The number of esters is 1. The van der Waals surface area contributed by atoms with E-state index in [1.807, 2.05) is 46.0 Å². The number of rotatable bonds is 6. The third-order valence-electron chi connectivity index (χ3n) is 6.00. The Balaban J connectivity index is 1.57. The molecule has 1 saturated heterocycles. The van der Waals surface area contributed by atoms with Crippen LogP contribution in [0.2, 0.25) is 0 Å². The highest BCUT2D eigenvalue weighted by Gasteiger charge is 2.28. The lowest BCUT2D eigenvalue weighted by Gasteiger charge is -2.33. The van der Waals surface area contributed by atoms with Crippen LogP contribution in [0.1, 0.15) is 59.1 Å². The zero-order valence-corrected chi connectivity index (χ0v) is 18.7. The van der Waals surface area contributed by atoms with Crippen molar-refractivity contribution in [1.29, 1.82) is 0 Å². The quantitative estimate of drug-likeness (QED) is 0.528. The van der Waals surface area contributed by atoms with Crippen LogP contribution in [0.3, 0.4) is 0 Å². The largest absolute Gasteiger partial charge is 0.461 e. The van der Waals surface area contributed by atoms with Gasteiger partial charge in [0, 0.05) is 18.7 Å². The first kappa shape index (κ1) is 21.8. The molecule has 1 aromatic heterocycles. The van der Waals surface area contributed by atoms with Crippen molar-refractivity contribution < 1.29 is 14.3 Å². The second kappa shape index (κ2) is 9.81. The molecule has 0 radical (unpaired) electrons. The van der Waals surface area contributed by atoms with Crippen molar-refractivity contribution >= 4 is 11.9 Å². The van der Waals surface area contributed by atoms with Crippen molar-refractivity contribution in [3.05, 3.63) is 77.5 Å². The van der Waals surface area contributed by atoms with Gasteiger partial charge in [-0.05, 0) is 55.5 Å². The molecule has 0 spiro atoms. The summed E-state index contributed by atoms with van der Waals surface area (Å²) >= 11 is 0. The summed E-state index contributed by atoms with van der Waals surface area (Å²) in [7, 11) is 0. The molecule has 0 bridgehead atoms. The number of aromatic nitrogens is 2. The summed E-state index contributed by atoms with van der Waals surface area (Å²) in [5.74, 6) is -0.346. The Labute approximate surface area is 188 Å². The lowest BCUT2D eigenvalue weighted by Crippen LogP contribution is -2.39. The molecule has 3 aromatic rings. The fourth-order valence-corrected chi connectivity index (χ4v) is 4.18. The first-order valence-corrected chi connectivity index (χ1v) is 11.3. The smallest absolute Gasteiger partial charge is 0.358 e. The van der Waals surface area contributed by atoms with E-state index in [0.29, 0.717) is 31.0 Å². The van der Waals surface area contributed by atoms with Gasteiger partial charge in [-0.2, -0.15) is 5.10 Å². The topological polar surface area (TPSA) is 64.4 Å². The molecule has 6 nitrogen and oxygen atoms in total. The molecule has 2 heterocycles. The van der Waals surface area contributed by atoms with Gasteiger partial charge in [-0.3, -0.25) is 9.48 Å². The van der Waals surface area contributed by atoms with E-state index < -0.39 is 5.97 Å². The minimum atomic E-state index is -0.408. The maximum absolute atomic E-state index is 12.8. The maximum Gasteiger partial charge on any atom is 0.358 e. The van der Waals surface area contributed by atoms with Crippen LogP contribution in [0.25, 0.3) is 11.3 Å². The minimum absolute atomic E-state index is 0.0621. The van der Waals surface area contributed by atoms with Crippen molar-refractivity contribution in [2.45, 2.75) is 39.2 Å². The van der Waals surface area contributed by atoms with Gasteiger partial charge < -0.3 is 9.64 Å². The van der Waals surface area contributed by atoms with Crippen molar-refractivity contribution in [2.24, 2.45) is 0 Å². The summed E-state index contributed by atoms with van der Waals surface area (Å²) in [5, 5.41) is 4.64. The molecule has 0 aliphatic carbocycles. The molecule has 4 rings (SSSR count). The SMILES string of the molecule is CCOC(=O)c1cc(-c2ccc(CC)cc2)n(C2CCN(C(=O)c3ccccc3)CC2)n1. The number of aryl methyl sites for hydroxylation is 1. The number of likely N-dealkylation sites (tertiary alicyclic amines) is 1. The molecule has 0 saturated carbocycles. The van der Waals surface area contributed by atoms with Crippen LogP contribution in [0.5, 0.6) is 0 Å². The van der Waals surface area contributed by atoms with Gasteiger partial charge in [-0.1, -0.05) is 49.4 Å². The molecule has 1 fully saturated rings. The predicted octanol–water partition coefficient (Wildman–Crippen LogP) is 4.77. The van der Waals surface area contributed by atoms with Gasteiger partial charge in [0.15, 0.2) is 5.69 Å². The highest BCUT2D eigenvalue weighted by atomic mass is 16.5. The summed E-state index contributed by atoms with van der Waals surface area (Å²) in [5.41, 5.74) is 4.23. The number of ether oxygens (including phenoxy) is 1. The summed E-state index contributed by atoms with van der Waals surface area (Å²) in [6.07, 6.45) is 2.53. The number of piperidine rings is 1. The molecule has 0 N–H and O–H groups in total. The Morgan fingerprint density at radius 1 is 1.00 bits per heavy atom. The Morgan fingerprint density at radius 3 is 2.31 bits per heavy atom. The lowest BCUT2D eigenvalue weighted by atomic mass is 10.0. The molecule has 1 aliphatic rings. The minimum Gasteiger partial charge on any atom is -0.461 e. The zero-order valence-electron chi connectivity index (χ0n) is 18.7. The number of carbonyl (C=O) groups is 2. The van der Waals surface area contributed by atoms with Gasteiger partial charge in [0.1, 0.15) is 0 Å². The number of carbonyl (C=O) groups excluding carboxylic acids is 2. The van der Waals surface area contributed by atoms with E-state index in [0.717, 1.165) is 30.5 Å². The molecule has 0 unspecified atom stereocenters. The normalized spacial score (nSPS) is 14.4. The first-order chi connectivity index (χ1) is 15.6. The number of amides is 1. The molecule has 1 aliphatic heterocycles. The van der Waals surface area contributed by atoms with Gasteiger partial charge >= 0.3 is 5.97 Å². The summed E-state index contributed by atoms with van der Waals surface area (Å²) in [6.45, 7) is 5.54. The zero-order chi connectivity index (χ0) is 22.5. The molecule has 1 amide bonds. The number of benzene rings is 2. The second-order valence-electron chi connectivity index (χ2n) is 8.02. The van der Waals surface area contributed by atoms with Gasteiger partial charge in [0.25, 0.3) is 5.91 Å². The Morgan fingerprint density at radius 2 is 1.69 bits per heavy atom. The van der Waals surface area contributed by atoms with Crippen molar-refractivity contribution in [1.82, 2.24) is 14.7 Å². The Kier molecular flexibility index (Phi) is 6.69. The summed E-state index contributed by atoms with van der Waals surface area (Å²) in [6, 6.07) is 19.7. The van der Waals surface area contributed by atoms with Gasteiger partial charge in [0.05, 0.1) is 18.3 Å². The van der Waals surface area contributed by atoms with Gasteiger partial charge in [-0.25, -0.2) is 4.79 Å². The predicted molar refractivity (Wildman–Crippen MR) is 124 cm³/mol. The Hall–Kier alpha value is -3.41. The van der Waals surface area contributed by atoms with Crippen LogP contribution in [-0.2, 0) is 11.2 Å². The molecule has 32 heavy (non-hydrogen) atoms. The molecular formula is C26H29N3O3. The standard InChI is InChI=1S/C26H29N3O3/c1-3-19-10-12-20(13-11-19)24-18-23(26(31)32-4-2)27-29(24)22-14-16-28(17-15-22)25(30)21-8-6-5-7-9-21/h5-13,18,22H,3-4,14-17H2,1-2H3. The molecule has 0 atom stereocenters. The third kappa shape index (κ3) is 4.59. The number of hydrogen-bond acceptors (Lipinski definition) is 4. The lowest BCUT2D eigenvalue weighted by molar-refractivity contribution is 0.0517. The van der Waals surface area contributed by atoms with Gasteiger partial charge in [0.2, 0.25) is 0 Å². The highest BCUT2D eigenvalue weighted by molar-refractivity contribution is 5.94. The van der Waals surface area contributed by atoms with Crippen molar-refractivity contribution in [2.75, 3.05) is 19.7 Å². The van der Waals surface area contributed by atoms with E-state index in [1.54, 1.807) is 6.92 Å². The molecule has 166 valence electrons. The van der Waals surface area contributed by atoms with E-state index in [9.17, 15) is 9.59 Å². The van der Waals surface area contributed by atoms with Gasteiger partial charge in [-0.15, -0.1) is 0 Å². The first-order valence-electron chi connectivity index (χ1n) is 11.3.